The molecule has 0 aliphatic heterocycles. The van der Waals surface area contributed by atoms with Crippen molar-refractivity contribution in [2.24, 2.45) is 0 Å². The molecular formula is C22H19ClO2. The van der Waals surface area contributed by atoms with E-state index < -0.39 is 0 Å². The fraction of sp³-hybridized carbons (Fsp3) is 0.136. The lowest BCUT2D eigenvalue weighted by molar-refractivity contribution is 0.0303. The smallest absolute Gasteiger partial charge is 0.338 e. The van der Waals surface area contributed by atoms with Crippen LogP contribution in [0.3, 0.4) is 0 Å². The third-order valence-electron chi connectivity index (χ3n) is 3.97. The van der Waals surface area contributed by atoms with Crippen molar-refractivity contribution in [2.45, 2.75) is 18.9 Å². The summed E-state index contributed by atoms with van der Waals surface area (Å²) in [5.41, 5.74) is 2.80. The Labute approximate surface area is 153 Å². The quantitative estimate of drug-likeness (QED) is 0.560. The van der Waals surface area contributed by atoms with Gasteiger partial charge in [0.25, 0.3) is 0 Å². The summed E-state index contributed by atoms with van der Waals surface area (Å²) in [6.45, 7) is 0. The molecule has 0 spiro atoms. The SMILES string of the molecule is O=C(OC(Cc1ccccc1)Cc1ccccc1)c1ccc(Cl)cc1. The number of carbonyl (C=O) groups excluding carboxylic acids is 1. The van der Waals surface area contributed by atoms with Gasteiger partial charge in [-0.25, -0.2) is 4.79 Å². The molecular weight excluding hydrogens is 332 g/mol. The molecule has 0 N–H and O–H groups in total. The number of ether oxygens (including phenoxy) is 1. The summed E-state index contributed by atoms with van der Waals surface area (Å²) in [5.74, 6) is -0.325. The lowest BCUT2D eigenvalue weighted by Crippen LogP contribution is -2.23. The van der Waals surface area contributed by atoms with Crippen LogP contribution < -0.4 is 0 Å². The van der Waals surface area contributed by atoms with E-state index in [0.717, 1.165) is 11.1 Å². The molecule has 0 aliphatic rings. The van der Waals surface area contributed by atoms with E-state index in [0.29, 0.717) is 23.4 Å². The summed E-state index contributed by atoms with van der Waals surface area (Å²) in [6.07, 6.45) is 1.12. The van der Waals surface area contributed by atoms with E-state index in [9.17, 15) is 4.79 Å². The number of hydrogen-bond donors (Lipinski definition) is 0. The minimum atomic E-state index is -0.325. The van der Waals surface area contributed by atoms with Crippen LogP contribution in [0.25, 0.3) is 0 Å². The van der Waals surface area contributed by atoms with Crippen LogP contribution in [0.5, 0.6) is 0 Å². The Morgan fingerprint density at radius 1 is 0.760 bits per heavy atom. The van der Waals surface area contributed by atoms with Crippen molar-refractivity contribution in [3.8, 4) is 0 Å². The molecule has 0 atom stereocenters. The zero-order valence-corrected chi connectivity index (χ0v) is 14.5. The minimum Gasteiger partial charge on any atom is -0.458 e. The van der Waals surface area contributed by atoms with Gasteiger partial charge < -0.3 is 4.74 Å². The molecule has 0 unspecified atom stereocenters. The minimum absolute atomic E-state index is 0.229. The van der Waals surface area contributed by atoms with Crippen LogP contribution in [0.2, 0.25) is 5.02 Å². The molecule has 0 radical (unpaired) electrons. The van der Waals surface area contributed by atoms with Crippen molar-refractivity contribution in [3.63, 3.8) is 0 Å². The van der Waals surface area contributed by atoms with E-state index in [1.165, 1.54) is 0 Å². The van der Waals surface area contributed by atoms with Crippen molar-refractivity contribution in [1.82, 2.24) is 0 Å². The van der Waals surface area contributed by atoms with Gasteiger partial charge in [-0.05, 0) is 35.4 Å². The normalized spacial score (nSPS) is 10.6. The van der Waals surface area contributed by atoms with Crippen LogP contribution in [-0.2, 0) is 17.6 Å². The van der Waals surface area contributed by atoms with Crippen molar-refractivity contribution in [2.75, 3.05) is 0 Å². The van der Waals surface area contributed by atoms with Crippen LogP contribution >= 0.6 is 11.6 Å². The maximum absolute atomic E-state index is 12.5. The van der Waals surface area contributed by atoms with E-state index in [1.54, 1.807) is 24.3 Å². The highest BCUT2D eigenvalue weighted by molar-refractivity contribution is 6.30. The van der Waals surface area contributed by atoms with Crippen molar-refractivity contribution in [3.05, 3.63) is 107 Å². The average molecular weight is 351 g/mol. The predicted molar refractivity (Wildman–Crippen MR) is 101 cm³/mol. The first-order valence-corrected chi connectivity index (χ1v) is 8.63. The monoisotopic (exact) mass is 350 g/mol. The Kier molecular flexibility index (Phi) is 5.86. The van der Waals surface area contributed by atoms with E-state index >= 15 is 0 Å². The van der Waals surface area contributed by atoms with Gasteiger partial charge in [-0.15, -0.1) is 0 Å². The Balaban J connectivity index is 1.75. The molecule has 0 fully saturated rings. The second-order valence-electron chi connectivity index (χ2n) is 5.91. The molecule has 3 rings (SSSR count). The van der Waals surface area contributed by atoms with Crippen LogP contribution in [0.4, 0.5) is 0 Å². The molecule has 0 amide bonds. The second kappa shape index (κ2) is 8.50. The van der Waals surface area contributed by atoms with E-state index in [2.05, 4.69) is 0 Å². The molecule has 3 aromatic rings. The van der Waals surface area contributed by atoms with Crippen LogP contribution in [-0.4, -0.2) is 12.1 Å². The van der Waals surface area contributed by atoms with Gasteiger partial charge in [-0.2, -0.15) is 0 Å². The van der Waals surface area contributed by atoms with Crippen LogP contribution in [0, 0.1) is 0 Å². The van der Waals surface area contributed by atoms with Crippen LogP contribution in [0.1, 0.15) is 21.5 Å². The van der Waals surface area contributed by atoms with E-state index in [1.807, 2.05) is 60.7 Å². The first-order valence-electron chi connectivity index (χ1n) is 8.25. The highest BCUT2D eigenvalue weighted by Crippen LogP contribution is 2.16. The van der Waals surface area contributed by atoms with Crippen molar-refractivity contribution in [1.29, 1.82) is 0 Å². The molecule has 3 heteroatoms. The van der Waals surface area contributed by atoms with Gasteiger partial charge in [0.05, 0.1) is 5.56 Å². The Hall–Kier alpha value is -2.58. The first kappa shape index (κ1) is 17.2. The summed E-state index contributed by atoms with van der Waals surface area (Å²) in [4.78, 5) is 12.5. The van der Waals surface area contributed by atoms with Gasteiger partial charge in [0.15, 0.2) is 0 Å². The topological polar surface area (TPSA) is 26.3 Å². The number of benzene rings is 3. The number of esters is 1. The molecule has 3 aromatic carbocycles. The third-order valence-corrected chi connectivity index (χ3v) is 4.22. The Morgan fingerprint density at radius 2 is 1.24 bits per heavy atom. The lowest BCUT2D eigenvalue weighted by atomic mass is 10.0. The Bertz CT molecular complexity index is 757. The van der Waals surface area contributed by atoms with Crippen molar-refractivity contribution < 1.29 is 9.53 Å². The molecule has 0 saturated carbocycles. The predicted octanol–water partition coefficient (Wildman–Crippen LogP) is 5.35. The maximum atomic E-state index is 12.5. The number of rotatable bonds is 6. The highest BCUT2D eigenvalue weighted by atomic mass is 35.5. The summed E-state index contributed by atoms with van der Waals surface area (Å²) < 4.78 is 5.80. The maximum Gasteiger partial charge on any atom is 0.338 e. The third kappa shape index (κ3) is 5.20. The number of hydrogen-bond acceptors (Lipinski definition) is 2. The van der Waals surface area contributed by atoms with E-state index in [4.69, 9.17) is 16.3 Å². The molecule has 0 bridgehead atoms. The molecule has 0 saturated heterocycles. The molecule has 2 nitrogen and oxygen atoms in total. The summed E-state index contributed by atoms with van der Waals surface area (Å²) in [5, 5.41) is 0.599. The average Bonchev–Trinajstić information content (AvgIpc) is 2.64. The molecule has 0 heterocycles. The summed E-state index contributed by atoms with van der Waals surface area (Å²) >= 11 is 5.88. The summed E-state index contributed by atoms with van der Waals surface area (Å²) in [7, 11) is 0. The second-order valence-corrected chi connectivity index (χ2v) is 6.35. The first-order chi connectivity index (χ1) is 12.2. The van der Waals surface area contributed by atoms with Gasteiger partial charge in [0, 0.05) is 17.9 Å². The number of halogens is 1. The lowest BCUT2D eigenvalue weighted by Gasteiger charge is -2.18. The molecule has 0 aromatic heterocycles. The van der Waals surface area contributed by atoms with Gasteiger partial charge in [-0.3, -0.25) is 0 Å². The van der Waals surface area contributed by atoms with Gasteiger partial charge in [-0.1, -0.05) is 72.3 Å². The fourth-order valence-electron chi connectivity index (χ4n) is 2.71. The highest BCUT2D eigenvalue weighted by Gasteiger charge is 2.17. The number of carbonyl (C=O) groups is 1. The fourth-order valence-corrected chi connectivity index (χ4v) is 2.84. The van der Waals surface area contributed by atoms with Gasteiger partial charge in [0.1, 0.15) is 6.10 Å². The largest absolute Gasteiger partial charge is 0.458 e. The zero-order chi connectivity index (χ0) is 17.5. The standard InChI is InChI=1S/C22H19ClO2/c23-20-13-11-19(12-14-20)22(24)25-21(15-17-7-3-1-4-8-17)16-18-9-5-2-6-10-18/h1-14,21H,15-16H2. The summed E-state index contributed by atoms with van der Waals surface area (Å²) in [6, 6.07) is 26.9. The van der Waals surface area contributed by atoms with Crippen molar-refractivity contribution >= 4 is 17.6 Å². The zero-order valence-electron chi connectivity index (χ0n) is 13.8. The van der Waals surface area contributed by atoms with Gasteiger partial charge >= 0.3 is 5.97 Å². The molecule has 126 valence electrons. The van der Waals surface area contributed by atoms with Crippen LogP contribution in [0.15, 0.2) is 84.9 Å². The Morgan fingerprint density at radius 3 is 1.72 bits per heavy atom. The van der Waals surface area contributed by atoms with E-state index in [-0.39, 0.29) is 12.1 Å². The molecule has 25 heavy (non-hydrogen) atoms. The van der Waals surface area contributed by atoms with Gasteiger partial charge in [0.2, 0.25) is 0 Å². The molecule has 0 aliphatic carbocycles.